The smallest absolute Gasteiger partial charge is 0.0378 e. The molecule has 0 N–H and O–H groups in total. The van der Waals surface area contributed by atoms with E-state index in [-0.39, 0.29) is 0 Å². The standard InChI is InChI=1S/C18H25N3S/c1-2-8-20(7-1)16-4-3-15-12-21(22-18(15)11-16)17-13-19-9-5-14(17)6-10-19/h3-4,11,14,17H,1-2,5-10,12-13H2/t17-/m0/s1. The number of rotatable bonds is 2. The second kappa shape index (κ2) is 5.43. The van der Waals surface area contributed by atoms with Crippen LogP contribution in [0.15, 0.2) is 23.1 Å². The number of nitrogens with zero attached hydrogens (tertiary/aromatic N) is 3. The summed E-state index contributed by atoms with van der Waals surface area (Å²) in [6, 6.07) is 7.96. The van der Waals surface area contributed by atoms with E-state index in [4.69, 9.17) is 0 Å². The lowest BCUT2D eigenvalue weighted by atomic mass is 9.84. The fourth-order valence-corrected chi connectivity index (χ4v) is 5.96. The summed E-state index contributed by atoms with van der Waals surface area (Å²) < 4.78 is 2.69. The molecule has 1 atom stereocenters. The van der Waals surface area contributed by atoms with Crippen LogP contribution >= 0.6 is 11.9 Å². The van der Waals surface area contributed by atoms with Crippen LogP contribution < -0.4 is 4.90 Å². The molecular weight excluding hydrogens is 290 g/mol. The van der Waals surface area contributed by atoms with E-state index in [9.17, 15) is 0 Å². The summed E-state index contributed by atoms with van der Waals surface area (Å²) in [5.74, 6) is 0.935. The van der Waals surface area contributed by atoms with Gasteiger partial charge in [0.2, 0.25) is 0 Å². The summed E-state index contributed by atoms with van der Waals surface area (Å²) in [6.07, 6.45) is 5.54. The second-order valence-corrected chi connectivity index (χ2v) is 8.45. The van der Waals surface area contributed by atoms with Gasteiger partial charge in [-0.15, -0.1) is 0 Å². The first-order chi connectivity index (χ1) is 10.9. The highest BCUT2D eigenvalue weighted by Crippen LogP contribution is 2.44. The molecule has 0 aromatic heterocycles. The Kier molecular flexibility index (Phi) is 3.38. The molecule has 3 nitrogen and oxygen atoms in total. The minimum Gasteiger partial charge on any atom is -0.372 e. The molecule has 5 aliphatic rings. The molecule has 0 radical (unpaired) electrons. The first kappa shape index (κ1) is 13.7. The molecule has 4 saturated heterocycles. The Balaban J connectivity index is 1.34. The highest BCUT2D eigenvalue weighted by atomic mass is 32.2. The molecule has 2 bridgehead atoms. The molecule has 0 aliphatic carbocycles. The first-order valence-corrected chi connectivity index (χ1v) is 9.69. The molecule has 4 heteroatoms. The Morgan fingerprint density at radius 2 is 1.82 bits per heavy atom. The Bertz CT molecular complexity index is 561. The summed E-state index contributed by atoms with van der Waals surface area (Å²) in [7, 11) is 0. The molecule has 0 amide bonds. The van der Waals surface area contributed by atoms with Crippen molar-refractivity contribution in [3.05, 3.63) is 23.8 Å². The number of fused-ring (bicyclic) bond motifs is 4. The zero-order valence-corrected chi connectivity index (χ0v) is 14.0. The van der Waals surface area contributed by atoms with Crippen molar-refractivity contribution in [2.75, 3.05) is 37.6 Å². The number of benzene rings is 1. The van der Waals surface area contributed by atoms with Gasteiger partial charge in [0, 0.05) is 42.8 Å². The predicted octanol–water partition coefficient (Wildman–Crippen LogP) is 3.20. The van der Waals surface area contributed by atoms with Crippen LogP contribution in [0.5, 0.6) is 0 Å². The van der Waals surface area contributed by atoms with E-state index in [0.29, 0.717) is 0 Å². The van der Waals surface area contributed by atoms with E-state index < -0.39 is 0 Å². The summed E-state index contributed by atoms with van der Waals surface area (Å²) in [4.78, 5) is 6.74. The monoisotopic (exact) mass is 315 g/mol. The average molecular weight is 315 g/mol. The molecule has 1 aromatic carbocycles. The van der Waals surface area contributed by atoms with Gasteiger partial charge in [0.25, 0.3) is 0 Å². The lowest BCUT2D eigenvalue weighted by molar-refractivity contribution is 0.0420. The molecule has 5 aliphatic heterocycles. The third-order valence-electron chi connectivity index (χ3n) is 6.06. The van der Waals surface area contributed by atoms with Gasteiger partial charge in [-0.2, -0.15) is 0 Å². The Morgan fingerprint density at radius 1 is 1.00 bits per heavy atom. The summed E-state index contributed by atoms with van der Waals surface area (Å²) >= 11 is 2.04. The number of hydrogen-bond donors (Lipinski definition) is 0. The van der Waals surface area contributed by atoms with E-state index in [0.717, 1.165) is 18.5 Å². The van der Waals surface area contributed by atoms with Gasteiger partial charge in [-0.3, -0.25) is 0 Å². The van der Waals surface area contributed by atoms with Crippen molar-refractivity contribution in [3.8, 4) is 0 Å². The normalized spacial score (nSPS) is 34.4. The Morgan fingerprint density at radius 3 is 2.55 bits per heavy atom. The Labute approximate surface area is 137 Å². The van der Waals surface area contributed by atoms with Crippen LogP contribution in [0, 0.1) is 5.92 Å². The number of piperidine rings is 3. The van der Waals surface area contributed by atoms with Crippen molar-refractivity contribution < 1.29 is 0 Å². The Hall–Kier alpha value is -0.710. The highest BCUT2D eigenvalue weighted by Gasteiger charge is 2.39. The molecule has 0 spiro atoms. The van der Waals surface area contributed by atoms with E-state index in [2.05, 4.69) is 32.3 Å². The molecule has 4 fully saturated rings. The van der Waals surface area contributed by atoms with Crippen molar-refractivity contribution in [2.45, 2.75) is 43.2 Å². The van der Waals surface area contributed by atoms with E-state index >= 15 is 0 Å². The molecule has 0 saturated carbocycles. The van der Waals surface area contributed by atoms with E-state index in [1.165, 1.54) is 69.0 Å². The van der Waals surface area contributed by atoms with Crippen LogP contribution in [-0.2, 0) is 6.54 Å². The van der Waals surface area contributed by atoms with Gasteiger partial charge in [0.1, 0.15) is 0 Å². The van der Waals surface area contributed by atoms with Crippen LogP contribution in [-0.4, -0.2) is 48.0 Å². The molecule has 1 aromatic rings. The maximum Gasteiger partial charge on any atom is 0.0378 e. The van der Waals surface area contributed by atoms with Crippen molar-refractivity contribution in [1.82, 2.24) is 9.21 Å². The van der Waals surface area contributed by atoms with Crippen LogP contribution in [0.25, 0.3) is 0 Å². The van der Waals surface area contributed by atoms with Crippen LogP contribution in [0.3, 0.4) is 0 Å². The van der Waals surface area contributed by atoms with Gasteiger partial charge in [0.05, 0.1) is 0 Å². The van der Waals surface area contributed by atoms with Gasteiger partial charge in [-0.1, -0.05) is 6.07 Å². The van der Waals surface area contributed by atoms with Gasteiger partial charge in [0.15, 0.2) is 0 Å². The first-order valence-electron chi connectivity index (χ1n) is 8.92. The van der Waals surface area contributed by atoms with Crippen molar-refractivity contribution in [3.63, 3.8) is 0 Å². The molecule has 6 rings (SSSR count). The van der Waals surface area contributed by atoms with Crippen LogP contribution in [0.4, 0.5) is 5.69 Å². The van der Waals surface area contributed by atoms with Crippen LogP contribution in [0.2, 0.25) is 0 Å². The lowest BCUT2D eigenvalue weighted by Crippen LogP contribution is -2.54. The van der Waals surface area contributed by atoms with Crippen molar-refractivity contribution in [1.29, 1.82) is 0 Å². The fourth-order valence-electron chi connectivity index (χ4n) is 4.70. The highest BCUT2D eigenvalue weighted by molar-refractivity contribution is 7.97. The number of hydrogen-bond acceptors (Lipinski definition) is 4. The van der Waals surface area contributed by atoms with E-state index in [1.807, 2.05) is 11.9 Å². The van der Waals surface area contributed by atoms with Crippen LogP contribution in [0.1, 0.15) is 31.2 Å². The zero-order valence-electron chi connectivity index (χ0n) is 13.2. The van der Waals surface area contributed by atoms with Gasteiger partial charge in [-0.25, -0.2) is 4.31 Å². The molecule has 0 unspecified atom stereocenters. The predicted molar refractivity (Wildman–Crippen MR) is 92.2 cm³/mol. The van der Waals surface area contributed by atoms with Crippen molar-refractivity contribution >= 4 is 17.6 Å². The van der Waals surface area contributed by atoms with Crippen molar-refractivity contribution in [2.24, 2.45) is 5.92 Å². The van der Waals surface area contributed by atoms with Gasteiger partial charge < -0.3 is 9.80 Å². The summed E-state index contributed by atoms with van der Waals surface area (Å²) in [5, 5.41) is 0. The maximum absolute atomic E-state index is 2.69. The summed E-state index contributed by atoms with van der Waals surface area (Å²) in [5.41, 5.74) is 2.99. The molecule has 5 heterocycles. The zero-order chi connectivity index (χ0) is 14.5. The fraction of sp³-hybridized carbons (Fsp3) is 0.667. The SMILES string of the molecule is c1cc2c(cc1N1CCCC1)SN([C@H]1CN3CCC1CC3)C2. The topological polar surface area (TPSA) is 9.72 Å². The van der Waals surface area contributed by atoms with Gasteiger partial charge in [-0.05, 0) is 74.3 Å². The molecule has 118 valence electrons. The maximum atomic E-state index is 2.69. The lowest BCUT2D eigenvalue weighted by Gasteiger charge is -2.47. The molecule has 22 heavy (non-hydrogen) atoms. The van der Waals surface area contributed by atoms with Gasteiger partial charge >= 0.3 is 0 Å². The summed E-state index contributed by atoms with van der Waals surface area (Å²) in [6.45, 7) is 7.61. The minimum atomic E-state index is 0.773. The van der Waals surface area contributed by atoms with E-state index in [1.54, 1.807) is 5.56 Å². The number of anilines is 1. The third kappa shape index (κ3) is 2.27. The average Bonchev–Trinajstić information content (AvgIpc) is 3.24. The largest absolute Gasteiger partial charge is 0.372 e. The third-order valence-corrected chi connectivity index (χ3v) is 7.27. The molecular formula is C18H25N3S. The second-order valence-electron chi connectivity index (χ2n) is 7.36. The quantitative estimate of drug-likeness (QED) is 0.775. The minimum absolute atomic E-state index is 0.773.